The van der Waals surface area contributed by atoms with Crippen molar-refractivity contribution in [3.05, 3.63) is 11.7 Å². The van der Waals surface area contributed by atoms with Crippen LogP contribution in [0.15, 0.2) is 4.52 Å². The molecule has 2 rings (SSSR count). The number of carbonyl (C=O) groups excluding carboxylic acids is 1. The second-order valence-corrected chi connectivity index (χ2v) is 3.73. The van der Waals surface area contributed by atoms with Gasteiger partial charge in [0.15, 0.2) is 0 Å². The highest BCUT2D eigenvalue weighted by Gasteiger charge is 2.22. The summed E-state index contributed by atoms with van der Waals surface area (Å²) in [6.45, 7) is 2.07. The highest BCUT2D eigenvalue weighted by molar-refractivity contribution is 5.84. The van der Waals surface area contributed by atoms with E-state index in [1.165, 1.54) is 19.3 Å². The highest BCUT2D eigenvalue weighted by Crippen LogP contribution is 2.29. The summed E-state index contributed by atoms with van der Waals surface area (Å²) in [6, 6.07) is 0. The Morgan fingerprint density at radius 3 is 3.00 bits per heavy atom. The van der Waals surface area contributed by atoms with Gasteiger partial charge < -0.3 is 9.26 Å². The second kappa shape index (κ2) is 4.42. The van der Waals surface area contributed by atoms with Gasteiger partial charge in [-0.15, -0.1) is 0 Å². The first-order valence-corrected chi connectivity index (χ1v) is 5.29. The van der Waals surface area contributed by atoms with Crippen LogP contribution in [0.5, 0.6) is 0 Å². The van der Waals surface area contributed by atoms with Crippen LogP contribution in [0.2, 0.25) is 0 Å². The number of hydrogen-bond acceptors (Lipinski definition) is 5. The van der Waals surface area contributed by atoms with Crippen molar-refractivity contribution in [1.29, 1.82) is 0 Å². The molecule has 82 valence electrons. The van der Waals surface area contributed by atoms with E-state index in [2.05, 4.69) is 10.1 Å². The van der Waals surface area contributed by atoms with E-state index in [0.29, 0.717) is 18.4 Å². The van der Waals surface area contributed by atoms with Gasteiger partial charge in [0.05, 0.1) is 6.61 Å². The first kappa shape index (κ1) is 10.1. The average Bonchev–Trinajstić information content (AvgIpc) is 2.60. The van der Waals surface area contributed by atoms with Gasteiger partial charge in [-0.2, -0.15) is 4.98 Å². The zero-order valence-corrected chi connectivity index (χ0v) is 8.73. The van der Waals surface area contributed by atoms with E-state index in [4.69, 9.17) is 9.26 Å². The molecular weight excluding hydrogens is 196 g/mol. The number of hydrogen-bond donors (Lipinski definition) is 0. The van der Waals surface area contributed by atoms with Gasteiger partial charge in [-0.25, -0.2) is 4.79 Å². The van der Waals surface area contributed by atoms with E-state index in [0.717, 1.165) is 6.42 Å². The molecule has 0 bridgehead atoms. The molecule has 15 heavy (non-hydrogen) atoms. The lowest BCUT2D eigenvalue weighted by molar-refractivity contribution is 0.0508. The van der Waals surface area contributed by atoms with Gasteiger partial charge in [0.2, 0.25) is 5.89 Å². The fraction of sp³-hybridized carbons (Fsp3) is 0.700. The molecule has 0 aromatic carbocycles. The van der Waals surface area contributed by atoms with Crippen molar-refractivity contribution in [3.8, 4) is 0 Å². The predicted molar refractivity (Wildman–Crippen MR) is 51.3 cm³/mol. The number of aromatic nitrogens is 2. The Kier molecular flexibility index (Phi) is 2.99. The molecule has 0 aliphatic heterocycles. The van der Waals surface area contributed by atoms with Crippen LogP contribution in [0, 0.1) is 5.92 Å². The van der Waals surface area contributed by atoms with Crippen molar-refractivity contribution in [2.24, 2.45) is 5.92 Å². The number of nitrogens with zero attached hydrogens (tertiary/aromatic N) is 2. The third-order valence-corrected chi connectivity index (χ3v) is 2.61. The molecule has 0 radical (unpaired) electrons. The minimum Gasteiger partial charge on any atom is -0.460 e. The van der Waals surface area contributed by atoms with E-state index in [9.17, 15) is 4.79 Å². The fourth-order valence-electron chi connectivity index (χ4n) is 1.56. The first-order valence-electron chi connectivity index (χ1n) is 5.29. The topological polar surface area (TPSA) is 65.2 Å². The van der Waals surface area contributed by atoms with Crippen LogP contribution < -0.4 is 0 Å². The largest absolute Gasteiger partial charge is 0.460 e. The molecule has 1 aliphatic rings. The number of esters is 1. The molecule has 1 fully saturated rings. The molecule has 0 N–H and O–H groups in total. The first-order chi connectivity index (χ1) is 7.29. The summed E-state index contributed by atoms with van der Waals surface area (Å²) in [4.78, 5) is 15.2. The molecule has 1 aromatic rings. The van der Waals surface area contributed by atoms with Crippen LogP contribution in [0.3, 0.4) is 0 Å². The lowest BCUT2D eigenvalue weighted by Gasteiger charge is -2.23. The van der Waals surface area contributed by atoms with Gasteiger partial charge >= 0.3 is 5.97 Å². The van der Waals surface area contributed by atoms with E-state index in [-0.39, 0.29) is 5.82 Å². The Bertz CT molecular complexity index is 344. The number of carbonyl (C=O) groups is 1. The molecule has 1 saturated carbocycles. The summed E-state index contributed by atoms with van der Waals surface area (Å²) in [5.41, 5.74) is 0. The van der Waals surface area contributed by atoms with Crippen molar-refractivity contribution in [2.75, 3.05) is 6.61 Å². The van der Waals surface area contributed by atoms with Gasteiger partial charge in [-0.1, -0.05) is 6.42 Å². The maximum absolute atomic E-state index is 11.2. The Labute approximate surface area is 87.8 Å². The molecule has 0 saturated heterocycles. The van der Waals surface area contributed by atoms with Gasteiger partial charge in [-0.05, 0) is 30.8 Å². The molecule has 1 aliphatic carbocycles. The lowest BCUT2D eigenvalue weighted by atomic mass is 9.83. The Morgan fingerprint density at radius 2 is 2.40 bits per heavy atom. The lowest BCUT2D eigenvalue weighted by Crippen LogP contribution is -2.14. The Hall–Kier alpha value is -1.39. The van der Waals surface area contributed by atoms with Crippen LogP contribution in [0.1, 0.15) is 42.7 Å². The van der Waals surface area contributed by atoms with Gasteiger partial charge in [-0.3, -0.25) is 0 Å². The van der Waals surface area contributed by atoms with Crippen LogP contribution >= 0.6 is 0 Å². The van der Waals surface area contributed by atoms with Crippen LogP contribution in [0.4, 0.5) is 0 Å². The molecule has 0 spiro atoms. The maximum Gasteiger partial charge on any atom is 0.379 e. The van der Waals surface area contributed by atoms with Crippen LogP contribution in [-0.4, -0.2) is 22.7 Å². The predicted octanol–water partition coefficient (Wildman–Crippen LogP) is 1.59. The van der Waals surface area contributed by atoms with E-state index < -0.39 is 5.97 Å². The van der Waals surface area contributed by atoms with E-state index in [1.54, 1.807) is 6.92 Å². The molecule has 0 atom stereocenters. The Balaban J connectivity index is 1.93. The number of ether oxygens (including phenoxy) is 1. The monoisotopic (exact) mass is 210 g/mol. The Morgan fingerprint density at radius 1 is 1.60 bits per heavy atom. The van der Waals surface area contributed by atoms with Crippen LogP contribution in [-0.2, 0) is 11.2 Å². The van der Waals surface area contributed by atoms with Crippen molar-refractivity contribution in [3.63, 3.8) is 0 Å². The van der Waals surface area contributed by atoms with Gasteiger partial charge in [0.1, 0.15) is 0 Å². The van der Waals surface area contributed by atoms with Gasteiger partial charge in [0, 0.05) is 6.42 Å². The summed E-state index contributed by atoms with van der Waals surface area (Å²) >= 11 is 0. The smallest absolute Gasteiger partial charge is 0.379 e. The molecule has 1 heterocycles. The van der Waals surface area contributed by atoms with Crippen molar-refractivity contribution < 1.29 is 14.1 Å². The number of rotatable bonds is 4. The summed E-state index contributed by atoms with van der Waals surface area (Å²) in [5.74, 6) is 0.718. The molecule has 5 nitrogen and oxygen atoms in total. The minimum atomic E-state index is -0.513. The minimum absolute atomic E-state index is 0.0335. The van der Waals surface area contributed by atoms with Crippen molar-refractivity contribution in [2.45, 2.75) is 32.6 Å². The summed E-state index contributed by atoms with van der Waals surface area (Å²) in [6.07, 6.45) is 4.50. The maximum atomic E-state index is 11.2. The zero-order chi connectivity index (χ0) is 10.7. The van der Waals surface area contributed by atoms with E-state index in [1.807, 2.05) is 0 Å². The van der Waals surface area contributed by atoms with Gasteiger partial charge in [0.25, 0.3) is 5.82 Å². The highest BCUT2D eigenvalue weighted by atomic mass is 16.5. The molecule has 1 aromatic heterocycles. The molecule has 0 unspecified atom stereocenters. The normalized spacial score (nSPS) is 16.1. The SMILES string of the molecule is CCOC(=O)c1noc(CC2CCC2)n1. The summed E-state index contributed by atoms with van der Waals surface area (Å²) < 4.78 is 9.74. The fourth-order valence-corrected chi connectivity index (χ4v) is 1.56. The zero-order valence-electron chi connectivity index (χ0n) is 8.73. The van der Waals surface area contributed by atoms with Crippen molar-refractivity contribution >= 4 is 5.97 Å². The van der Waals surface area contributed by atoms with Crippen LogP contribution in [0.25, 0.3) is 0 Å². The summed E-state index contributed by atoms with van der Waals surface area (Å²) in [7, 11) is 0. The standard InChI is InChI=1S/C10H14N2O3/c1-2-14-10(13)9-11-8(15-12-9)6-7-4-3-5-7/h7H,2-6H2,1H3. The molecule has 0 amide bonds. The van der Waals surface area contributed by atoms with Crippen molar-refractivity contribution in [1.82, 2.24) is 10.1 Å². The second-order valence-electron chi connectivity index (χ2n) is 3.73. The third kappa shape index (κ3) is 2.34. The molecular formula is C10H14N2O3. The molecule has 5 heteroatoms. The quantitative estimate of drug-likeness (QED) is 0.706. The summed E-state index contributed by atoms with van der Waals surface area (Å²) in [5, 5.41) is 3.59. The average molecular weight is 210 g/mol. The van der Waals surface area contributed by atoms with E-state index >= 15 is 0 Å². The third-order valence-electron chi connectivity index (χ3n) is 2.61.